The molecule has 0 unspecified atom stereocenters. The fourth-order valence-electron chi connectivity index (χ4n) is 2.13. The first kappa shape index (κ1) is 18.4. The Balaban J connectivity index is 1.74. The highest BCUT2D eigenvalue weighted by molar-refractivity contribution is 7.92. The third-order valence-electron chi connectivity index (χ3n) is 3.39. The zero-order valence-corrected chi connectivity index (χ0v) is 15.7. The molecule has 0 atom stereocenters. The number of sulfonamides is 1. The number of amides is 1. The van der Waals surface area contributed by atoms with Crippen LogP contribution in [-0.4, -0.2) is 19.3 Å². The number of nitrogens with one attached hydrogen (secondary N) is 2. The van der Waals surface area contributed by atoms with E-state index in [4.69, 9.17) is 11.6 Å². The number of carbonyl (C=O) groups excluding carboxylic acids is 1. The van der Waals surface area contributed by atoms with Crippen LogP contribution >= 0.6 is 22.9 Å². The van der Waals surface area contributed by atoms with Crippen LogP contribution in [0.4, 0.5) is 5.69 Å². The maximum Gasteiger partial charge on any atom is 0.261 e. The van der Waals surface area contributed by atoms with Gasteiger partial charge in [0.1, 0.15) is 5.01 Å². The van der Waals surface area contributed by atoms with E-state index >= 15 is 0 Å². The molecule has 1 heterocycles. The van der Waals surface area contributed by atoms with Crippen molar-refractivity contribution in [1.29, 1.82) is 0 Å². The molecule has 2 aromatic carbocycles. The molecule has 0 aliphatic heterocycles. The Hall–Kier alpha value is -2.42. The highest BCUT2D eigenvalue weighted by Gasteiger charge is 2.16. The lowest BCUT2D eigenvalue weighted by Crippen LogP contribution is -2.23. The standard InChI is InChI=1S/C17H14ClN3O3S2/c18-13-4-6-14(7-5-13)21-26(23,24)15-3-1-2-12(10-15)17(22)20-11-16-19-8-9-25-16/h1-10,21H,11H2,(H,20,22). The number of nitrogens with zero attached hydrogens (tertiary/aromatic N) is 1. The van der Waals surface area contributed by atoms with Crippen LogP contribution in [0.1, 0.15) is 15.4 Å². The maximum atomic E-state index is 12.5. The quantitative estimate of drug-likeness (QED) is 0.654. The number of thiazole rings is 1. The van der Waals surface area contributed by atoms with Gasteiger partial charge in [-0.15, -0.1) is 11.3 Å². The Kier molecular flexibility index (Phi) is 5.55. The topological polar surface area (TPSA) is 88.2 Å². The fraction of sp³-hybridized carbons (Fsp3) is 0.0588. The number of hydrogen-bond acceptors (Lipinski definition) is 5. The zero-order chi connectivity index (χ0) is 18.6. The Morgan fingerprint density at radius 1 is 1.15 bits per heavy atom. The van der Waals surface area contributed by atoms with Crippen molar-refractivity contribution in [2.45, 2.75) is 11.4 Å². The van der Waals surface area contributed by atoms with Crippen LogP contribution in [0.15, 0.2) is 65.0 Å². The van der Waals surface area contributed by atoms with Gasteiger partial charge in [-0.1, -0.05) is 17.7 Å². The van der Waals surface area contributed by atoms with E-state index in [0.29, 0.717) is 10.7 Å². The number of hydrogen-bond donors (Lipinski definition) is 2. The molecule has 1 aromatic heterocycles. The summed E-state index contributed by atoms with van der Waals surface area (Å²) in [5, 5.41) is 5.81. The minimum Gasteiger partial charge on any atom is -0.346 e. The largest absolute Gasteiger partial charge is 0.346 e. The van der Waals surface area contributed by atoms with Crippen molar-refractivity contribution in [3.63, 3.8) is 0 Å². The number of carbonyl (C=O) groups is 1. The van der Waals surface area contributed by atoms with Crippen molar-refractivity contribution >= 4 is 44.6 Å². The molecule has 0 saturated carbocycles. The summed E-state index contributed by atoms with van der Waals surface area (Å²) in [6.45, 7) is 0.288. The van der Waals surface area contributed by atoms with Gasteiger partial charge in [-0.25, -0.2) is 13.4 Å². The molecule has 0 saturated heterocycles. The summed E-state index contributed by atoms with van der Waals surface area (Å²) in [5.74, 6) is -0.372. The highest BCUT2D eigenvalue weighted by atomic mass is 35.5. The van der Waals surface area contributed by atoms with E-state index in [2.05, 4.69) is 15.0 Å². The minimum atomic E-state index is -3.82. The van der Waals surface area contributed by atoms with Gasteiger partial charge in [-0.3, -0.25) is 9.52 Å². The first-order valence-electron chi connectivity index (χ1n) is 7.49. The van der Waals surface area contributed by atoms with E-state index in [0.717, 1.165) is 5.01 Å². The SMILES string of the molecule is O=C(NCc1nccs1)c1cccc(S(=O)(=O)Nc2ccc(Cl)cc2)c1. The average Bonchev–Trinajstić information content (AvgIpc) is 3.15. The van der Waals surface area contributed by atoms with Gasteiger partial charge in [0, 0.05) is 27.9 Å². The van der Waals surface area contributed by atoms with Gasteiger partial charge >= 0.3 is 0 Å². The predicted octanol–water partition coefficient (Wildman–Crippen LogP) is 3.53. The number of rotatable bonds is 6. The Morgan fingerprint density at radius 3 is 2.62 bits per heavy atom. The summed E-state index contributed by atoms with van der Waals surface area (Å²) in [4.78, 5) is 16.3. The van der Waals surface area contributed by atoms with Crippen molar-refractivity contribution < 1.29 is 13.2 Å². The summed E-state index contributed by atoms with van der Waals surface area (Å²) in [7, 11) is -3.82. The van der Waals surface area contributed by atoms with E-state index in [1.54, 1.807) is 36.5 Å². The van der Waals surface area contributed by atoms with Gasteiger partial charge in [0.05, 0.1) is 11.4 Å². The minimum absolute atomic E-state index is 0.00523. The van der Waals surface area contributed by atoms with E-state index in [1.165, 1.54) is 29.5 Å². The summed E-state index contributed by atoms with van der Waals surface area (Å²) in [5.41, 5.74) is 0.633. The van der Waals surface area contributed by atoms with Crippen molar-refractivity contribution in [1.82, 2.24) is 10.3 Å². The van der Waals surface area contributed by atoms with Crippen molar-refractivity contribution in [2.24, 2.45) is 0 Å². The summed E-state index contributed by atoms with van der Waals surface area (Å²) in [6, 6.07) is 12.1. The number of aromatic nitrogens is 1. The first-order valence-corrected chi connectivity index (χ1v) is 10.2. The second-order valence-electron chi connectivity index (χ2n) is 5.25. The fourth-order valence-corrected chi connectivity index (χ4v) is 3.92. The van der Waals surface area contributed by atoms with Crippen molar-refractivity contribution in [2.75, 3.05) is 4.72 Å². The van der Waals surface area contributed by atoms with Crippen molar-refractivity contribution in [3.05, 3.63) is 75.7 Å². The van der Waals surface area contributed by atoms with Gasteiger partial charge in [-0.05, 0) is 42.5 Å². The molecule has 134 valence electrons. The third kappa shape index (κ3) is 4.60. The molecule has 0 fully saturated rings. The van der Waals surface area contributed by atoms with Crippen LogP contribution < -0.4 is 10.0 Å². The normalized spacial score (nSPS) is 11.1. The molecular weight excluding hydrogens is 394 g/mol. The van der Waals surface area contributed by atoms with Crippen LogP contribution in [0.2, 0.25) is 5.02 Å². The molecular formula is C17H14ClN3O3S2. The van der Waals surface area contributed by atoms with E-state index < -0.39 is 10.0 Å². The van der Waals surface area contributed by atoms with Gasteiger partial charge in [0.15, 0.2) is 0 Å². The Bertz CT molecular complexity index is 1000. The Morgan fingerprint density at radius 2 is 1.92 bits per heavy atom. The molecule has 0 aliphatic rings. The summed E-state index contributed by atoms with van der Waals surface area (Å²) in [6.07, 6.45) is 1.65. The molecule has 26 heavy (non-hydrogen) atoms. The number of anilines is 1. The maximum absolute atomic E-state index is 12.5. The van der Waals surface area contributed by atoms with Crippen molar-refractivity contribution in [3.8, 4) is 0 Å². The number of benzene rings is 2. The van der Waals surface area contributed by atoms with Crippen LogP contribution in [0, 0.1) is 0 Å². The molecule has 1 amide bonds. The smallest absolute Gasteiger partial charge is 0.261 e. The Labute approximate surface area is 159 Å². The lowest BCUT2D eigenvalue weighted by Gasteiger charge is -2.10. The van der Waals surface area contributed by atoms with Gasteiger partial charge in [0.25, 0.3) is 15.9 Å². The lowest BCUT2D eigenvalue weighted by atomic mass is 10.2. The van der Waals surface area contributed by atoms with Crippen LogP contribution in [0.3, 0.4) is 0 Å². The first-order chi connectivity index (χ1) is 12.4. The highest BCUT2D eigenvalue weighted by Crippen LogP contribution is 2.19. The lowest BCUT2D eigenvalue weighted by molar-refractivity contribution is 0.0950. The molecule has 3 rings (SSSR count). The molecule has 6 nitrogen and oxygen atoms in total. The predicted molar refractivity (Wildman–Crippen MR) is 102 cm³/mol. The number of halogens is 1. The summed E-state index contributed by atoms with van der Waals surface area (Å²) >= 11 is 7.23. The molecule has 2 N–H and O–H groups in total. The average molecular weight is 408 g/mol. The molecule has 9 heteroatoms. The van der Waals surface area contributed by atoms with Gasteiger partial charge in [0.2, 0.25) is 0 Å². The van der Waals surface area contributed by atoms with Crippen LogP contribution in [0.25, 0.3) is 0 Å². The second-order valence-corrected chi connectivity index (χ2v) is 8.35. The zero-order valence-electron chi connectivity index (χ0n) is 13.3. The molecule has 0 bridgehead atoms. The molecule has 3 aromatic rings. The van der Waals surface area contributed by atoms with E-state index in [9.17, 15) is 13.2 Å². The monoisotopic (exact) mass is 407 g/mol. The van der Waals surface area contributed by atoms with Gasteiger partial charge in [-0.2, -0.15) is 0 Å². The second kappa shape index (κ2) is 7.86. The third-order valence-corrected chi connectivity index (χ3v) is 5.80. The van der Waals surface area contributed by atoms with E-state index in [1.807, 2.05) is 5.38 Å². The van der Waals surface area contributed by atoms with E-state index in [-0.39, 0.29) is 22.9 Å². The van der Waals surface area contributed by atoms with Crippen LogP contribution in [-0.2, 0) is 16.6 Å². The van der Waals surface area contributed by atoms with Crippen LogP contribution in [0.5, 0.6) is 0 Å². The summed E-state index contributed by atoms with van der Waals surface area (Å²) < 4.78 is 27.5. The molecule has 0 spiro atoms. The molecule has 0 aliphatic carbocycles. The molecule has 0 radical (unpaired) electrons. The van der Waals surface area contributed by atoms with Gasteiger partial charge < -0.3 is 5.32 Å².